The van der Waals surface area contributed by atoms with Gasteiger partial charge in [-0.3, -0.25) is 14.8 Å². The largest absolute Gasteiger partial charge is 0.303 e. The van der Waals surface area contributed by atoms with Gasteiger partial charge in [0.15, 0.2) is 0 Å². The van der Waals surface area contributed by atoms with Crippen LogP contribution in [-0.2, 0) is 11.8 Å². The Morgan fingerprint density at radius 3 is 2.90 bits per heavy atom. The van der Waals surface area contributed by atoms with Gasteiger partial charge < -0.3 is 4.90 Å². The molecule has 7 heteroatoms. The van der Waals surface area contributed by atoms with E-state index in [4.69, 9.17) is 12.3 Å². The normalized spacial score (nSPS) is 22.2. The summed E-state index contributed by atoms with van der Waals surface area (Å²) in [5, 5.41) is 7.65. The Morgan fingerprint density at radius 2 is 2.17 bits per heavy atom. The van der Waals surface area contributed by atoms with E-state index in [-0.39, 0.29) is 37.8 Å². The van der Waals surface area contributed by atoms with Crippen LogP contribution in [0.4, 0.5) is 5.95 Å². The van der Waals surface area contributed by atoms with Crippen molar-refractivity contribution in [1.82, 2.24) is 24.6 Å². The molecule has 1 aromatic carbocycles. The topological polar surface area (TPSA) is 75.9 Å². The smallest absolute Gasteiger partial charge is 0.229 e. The van der Waals surface area contributed by atoms with Gasteiger partial charge in [-0.25, -0.2) is 9.97 Å². The maximum atomic E-state index is 12.9. The van der Waals surface area contributed by atoms with Crippen LogP contribution in [0.2, 0.25) is 0 Å². The van der Waals surface area contributed by atoms with Crippen molar-refractivity contribution in [3.8, 4) is 11.1 Å². The summed E-state index contributed by atoms with van der Waals surface area (Å²) in [7, 11) is 1.82. The van der Waals surface area contributed by atoms with Gasteiger partial charge in [-0.1, -0.05) is 25.8 Å². The highest BCUT2D eigenvalue weighted by Gasteiger charge is 2.25. The molecule has 0 atom stereocenters. The van der Waals surface area contributed by atoms with Crippen molar-refractivity contribution in [1.29, 1.82) is 0 Å². The molecule has 1 saturated heterocycles. The van der Waals surface area contributed by atoms with Crippen LogP contribution in [0.1, 0.15) is 38.9 Å². The number of amides is 1. The van der Waals surface area contributed by atoms with Gasteiger partial charge >= 0.3 is 0 Å². The van der Waals surface area contributed by atoms with Crippen LogP contribution in [-0.4, -0.2) is 50.1 Å². The monoisotopic (exact) mass is 401 g/mol. The van der Waals surface area contributed by atoms with E-state index in [0.717, 1.165) is 21.4 Å². The van der Waals surface area contributed by atoms with Crippen LogP contribution < -0.4 is 5.32 Å². The number of aromatic nitrogens is 4. The molecule has 1 aliphatic heterocycles. The number of nitrogens with one attached hydrogen (secondary N) is 1. The molecule has 0 aliphatic carbocycles. The van der Waals surface area contributed by atoms with Crippen LogP contribution in [0.25, 0.3) is 22.0 Å². The lowest BCUT2D eigenvalue weighted by Crippen LogP contribution is -2.39. The first-order valence-electron chi connectivity index (χ1n) is 13.9. The standard InChI is InChI=1S/C22H28N6O/c1-15(2)13-28-8-6-16(7-9-28)21(29)26-22-23-11-18-5-4-17(10-20(18)25-22)19-12-24-27(3)14-19/h4-5,10-12,14-16H,6-9,13H2,1-3H3,(H,23,25,26,29)/i1D3,2D3,13D2,15D. The number of carbonyl (C=O) groups is 1. The molecular weight excluding hydrogens is 364 g/mol. The van der Waals surface area contributed by atoms with Gasteiger partial charge in [0.2, 0.25) is 11.9 Å². The second kappa shape index (κ2) is 8.29. The Hall–Kier alpha value is -2.80. The molecular formula is C22H28N6O. The average Bonchev–Trinajstić information content (AvgIpc) is 3.28. The lowest BCUT2D eigenvalue weighted by Gasteiger charge is -2.32. The van der Waals surface area contributed by atoms with Crippen molar-refractivity contribution >= 4 is 22.8 Å². The summed E-state index contributed by atoms with van der Waals surface area (Å²) < 4.78 is 72.3. The van der Waals surface area contributed by atoms with Crippen molar-refractivity contribution in [3.63, 3.8) is 0 Å². The lowest BCUT2D eigenvalue weighted by atomic mass is 9.95. The van der Waals surface area contributed by atoms with Crippen LogP contribution >= 0.6 is 0 Å². The Bertz CT molecular complexity index is 1310. The van der Waals surface area contributed by atoms with Crippen LogP contribution in [0.5, 0.6) is 0 Å². The van der Waals surface area contributed by atoms with E-state index in [1.165, 1.54) is 0 Å². The molecule has 1 fully saturated rings. The zero-order valence-electron chi connectivity index (χ0n) is 25.0. The maximum Gasteiger partial charge on any atom is 0.229 e. The molecule has 29 heavy (non-hydrogen) atoms. The van der Waals surface area contributed by atoms with Crippen molar-refractivity contribution < 1.29 is 17.1 Å². The molecule has 0 spiro atoms. The van der Waals surface area contributed by atoms with E-state index in [1.54, 1.807) is 17.1 Å². The predicted molar refractivity (Wildman–Crippen MR) is 114 cm³/mol. The van der Waals surface area contributed by atoms with Gasteiger partial charge in [-0.05, 0) is 43.5 Å². The third-order valence-corrected chi connectivity index (χ3v) is 4.99. The fourth-order valence-corrected chi connectivity index (χ4v) is 3.46. The lowest BCUT2D eigenvalue weighted by molar-refractivity contribution is -0.121. The van der Waals surface area contributed by atoms with Crippen LogP contribution in [0.15, 0.2) is 36.8 Å². The van der Waals surface area contributed by atoms with Crippen molar-refractivity contribution in [2.45, 2.75) is 26.5 Å². The minimum atomic E-state index is -3.40. The highest BCUT2D eigenvalue weighted by Crippen LogP contribution is 2.24. The van der Waals surface area contributed by atoms with Gasteiger partial charge in [0.1, 0.15) is 0 Å². The number of aryl methyl sites for hydroxylation is 1. The molecule has 0 radical (unpaired) electrons. The number of anilines is 1. The maximum absolute atomic E-state index is 12.9. The third kappa shape index (κ3) is 4.62. The summed E-state index contributed by atoms with van der Waals surface area (Å²) in [4.78, 5) is 22.6. The average molecular weight is 402 g/mol. The molecule has 2 aromatic heterocycles. The number of piperidine rings is 1. The summed E-state index contributed by atoms with van der Waals surface area (Å²) in [6.07, 6.45) is 5.49. The Morgan fingerprint density at radius 1 is 1.34 bits per heavy atom. The fourth-order valence-electron chi connectivity index (χ4n) is 3.46. The molecule has 3 heterocycles. The molecule has 0 bridgehead atoms. The molecule has 1 aliphatic rings. The number of hydrogen-bond donors (Lipinski definition) is 1. The number of fused-ring (bicyclic) bond motifs is 1. The summed E-state index contributed by atoms with van der Waals surface area (Å²) >= 11 is 0. The van der Waals surface area contributed by atoms with Crippen molar-refractivity contribution in [3.05, 3.63) is 36.8 Å². The molecule has 3 aromatic rings. The highest BCUT2D eigenvalue weighted by atomic mass is 16.2. The van der Waals surface area contributed by atoms with E-state index in [0.29, 0.717) is 5.52 Å². The predicted octanol–water partition coefficient (Wildman–Crippen LogP) is 3.34. The quantitative estimate of drug-likeness (QED) is 0.710. The summed E-state index contributed by atoms with van der Waals surface area (Å²) in [6, 6.07) is 5.67. The Balaban J connectivity index is 1.45. The Labute approximate surface area is 183 Å². The fraction of sp³-hybridized carbons (Fsp3) is 0.455. The summed E-state index contributed by atoms with van der Waals surface area (Å²) in [5.74, 6) is -4.19. The number of benzene rings is 1. The molecule has 0 unspecified atom stereocenters. The van der Waals surface area contributed by atoms with Crippen LogP contribution in [0.3, 0.4) is 0 Å². The van der Waals surface area contributed by atoms with Gasteiger partial charge in [-0.2, -0.15) is 5.10 Å². The van der Waals surface area contributed by atoms with E-state index >= 15 is 0 Å². The van der Waals surface area contributed by atoms with E-state index < -0.39 is 32.0 Å². The van der Waals surface area contributed by atoms with Gasteiger partial charge in [0.05, 0.1) is 11.7 Å². The first kappa shape index (κ1) is 11.4. The zero-order valence-corrected chi connectivity index (χ0v) is 16.0. The minimum absolute atomic E-state index is 0.0923. The molecule has 7 nitrogen and oxygen atoms in total. The van der Waals surface area contributed by atoms with E-state index in [9.17, 15) is 4.79 Å². The number of likely N-dealkylation sites (tertiary alicyclic amines) is 1. The molecule has 0 saturated carbocycles. The van der Waals surface area contributed by atoms with Crippen LogP contribution in [0, 0.1) is 11.8 Å². The number of rotatable bonds is 5. The van der Waals surface area contributed by atoms with E-state index in [1.807, 2.05) is 31.4 Å². The molecule has 152 valence electrons. The van der Waals surface area contributed by atoms with E-state index in [2.05, 4.69) is 20.4 Å². The number of hydrogen-bond acceptors (Lipinski definition) is 5. The second-order valence-electron chi connectivity index (χ2n) is 7.11. The van der Waals surface area contributed by atoms with Crippen molar-refractivity contribution in [2.24, 2.45) is 18.9 Å². The zero-order chi connectivity index (χ0) is 28.1. The SMILES string of the molecule is [2H]C([2H])([2H])C([2H])(C([2H])([2H])[2H])C([2H])([2H])N1CCC(C(=O)Nc2ncc3ccc(-c4cnn(C)c4)cc3n2)CC1. The number of nitrogens with zero attached hydrogens (tertiary/aromatic N) is 5. The summed E-state index contributed by atoms with van der Waals surface area (Å²) in [5.41, 5.74) is 2.45. The van der Waals surface area contributed by atoms with Crippen molar-refractivity contribution in [2.75, 3.05) is 24.9 Å². The first-order chi connectivity index (χ1) is 17.5. The Kier molecular flexibility index (Phi) is 3.26. The third-order valence-electron chi connectivity index (χ3n) is 4.99. The molecule has 1 amide bonds. The molecule has 4 rings (SSSR count). The summed E-state index contributed by atoms with van der Waals surface area (Å²) in [6.45, 7) is -9.98. The number of carbonyl (C=O) groups excluding carboxylic acids is 1. The highest BCUT2D eigenvalue weighted by molar-refractivity contribution is 5.92. The van der Waals surface area contributed by atoms with Gasteiger partial charge in [0, 0.05) is 55.1 Å². The van der Waals surface area contributed by atoms with Gasteiger partial charge in [-0.15, -0.1) is 0 Å². The first-order valence-corrected chi connectivity index (χ1v) is 9.36. The van der Waals surface area contributed by atoms with Gasteiger partial charge in [0.25, 0.3) is 0 Å². The molecule has 1 N–H and O–H groups in total. The minimum Gasteiger partial charge on any atom is -0.303 e. The second-order valence-corrected chi connectivity index (χ2v) is 7.11.